The Balaban J connectivity index is 1.49. The second-order valence-corrected chi connectivity index (χ2v) is 15.3. The van der Waals surface area contributed by atoms with Crippen molar-refractivity contribution in [2.75, 3.05) is 17.2 Å². The first-order chi connectivity index (χ1) is 19.1. The van der Waals surface area contributed by atoms with Crippen LogP contribution in [0.5, 0.6) is 0 Å². The molecule has 1 aliphatic carbocycles. The summed E-state index contributed by atoms with van der Waals surface area (Å²) in [4.78, 5) is 3.82. The molecule has 1 aromatic heterocycles. The van der Waals surface area contributed by atoms with Gasteiger partial charge in [0.2, 0.25) is 5.52 Å². The van der Waals surface area contributed by atoms with Gasteiger partial charge >= 0.3 is 0 Å². The van der Waals surface area contributed by atoms with Crippen LogP contribution in [0.4, 0.5) is 5.69 Å². The number of fused-ring (bicyclic) bond motifs is 2. The Morgan fingerprint density at radius 1 is 1.02 bits per heavy atom. The zero-order valence-electron chi connectivity index (χ0n) is 23.6. The Hall–Kier alpha value is -2.39. The van der Waals surface area contributed by atoms with Crippen LogP contribution in [0, 0.1) is 5.41 Å². The van der Waals surface area contributed by atoms with Gasteiger partial charge in [-0.05, 0) is 60.1 Å². The van der Waals surface area contributed by atoms with Crippen molar-refractivity contribution in [3.8, 4) is 0 Å². The van der Waals surface area contributed by atoms with Gasteiger partial charge in [-0.25, -0.2) is 0 Å². The molecule has 0 bridgehead atoms. The second-order valence-electron chi connectivity index (χ2n) is 11.6. The molecule has 2 aliphatic rings. The van der Waals surface area contributed by atoms with Crippen molar-refractivity contribution in [2.45, 2.75) is 70.7 Å². The number of nitrogens with zero attached hydrogens (tertiary/aromatic N) is 2. The minimum atomic E-state index is -3.98. The first-order valence-corrected chi connectivity index (χ1v) is 17.4. The highest BCUT2D eigenvalue weighted by molar-refractivity contribution is 8.03. The molecule has 0 saturated heterocycles. The maximum Gasteiger partial charge on any atom is 0.265 e. The van der Waals surface area contributed by atoms with Crippen molar-refractivity contribution >= 4 is 55.2 Å². The number of unbranched alkanes of at least 4 members (excludes halogenated alkanes) is 2. The van der Waals surface area contributed by atoms with E-state index in [1.54, 1.807) is 11.3 Å². The average molecular weight is 596 g/mol. The lowest BCUT2D eigenvalue weighted by atomic mass is 9.75. The smallest absolute Gasteiger partial charge is 0.265 e. The zero-order valence-corrected chi connectivity index (χ0v) is 26.0. The van der Waals surface area contributed by atoms with Gasteiger partial charge in [-0.3, -0.25) is 4.55 Å². The molecule has 5 nitrogen and oxygen atoms in total. The van der Waals surface area contributed by atoms with Crippen molar-refractivity contribution in [1.29, 1.82) is 0 Å². The molecule has 1 aliphatic heterocycles. The van der Waals surface area contributed by atoms with Crippen LogP contribution < -0.4 is 9.47 Å². The lowest BCUT2D eigenvalue weighted by molar-refractivity contribution is -0.668. The number of aryl methyl sites for hydroxylation is 1. The van der Waals surface area contributed by atoms with Gasteiger partial charge in [0.25, 0.3) is 15.1 Å². The molecule has 212 valence electrons. The van der Waals surface area contributed by atoms with Gasteiger partial charge in [-0.2, -0.15) is 13.0 Å². The third-order valence-corrected chi connectivity index (χ3v) is 10.4. The molecular weight excluding hydrogens is 557 g/mol. The summed E-state index contributed by atoms with van der Waals surface area (Å²) in [5, 5.41) is 2.42. The number of benzene rings is 2. The van der Waals surface area contributed by atoms with Gasteiger partial charge in [0.05, 0.1) is 16.5 Å². The number of thioether (sulfide) groups is 1. The number of allylic oxidation sites excluding steroid dienone is 4. The van der Waals surface area contributed by atoms with E-state index in [2.05, 4.69) is 84.9 Å². The van der Waals surface area contributed by atoms with Crippen molar-refractivity contribution in [3.05, 3.63) is 81.9 Å². The summed E-state index contributed by atoms with van der Waals surface area (Å²) in [6, 6.07) is 17.0. The van der Waals surface area contributed by atoms with E-state index in [1.165, 1.54) is 50.7 Å². The number of rotatable bonds is 10. The summed E-state index contributed by atoms with van der Waals surface area (Å²) < 4.78 is 35.4. The summed E-state index contributed by atoms with van der Waals surface area (Å²) in [7, 11) is -3.98. The summed E-state index contributed by atoms with van der Waals surface area (Å²) in [6.45, 7) is 8.50. The lowest BCUT2D eigenvalue weighted by Gasteiger charge is -2.31. The fourth-order valence-electron chi connectivity index (χ4n) is 5.72. The van der Waals surface area contributed by atoms with E-state index in [4.69, 9.17) is 0 Å². The molecule has 3 aromatic rings. The molecule has 5 rings (SSSR count). The van der Waals surface area contributed by atoms with E-state index in [0.717, 1.165) is 29.9 Å². The van der Waals surface area contributed by atoms with Crippen molar-refractivity contribution in [1.82, 2.24) is 0 Å². The monoisotopic (exact) mass is 595 g/mol. The molecule has 0 unspecified atom stereocenters. The van der Waals surface area contributed by atoms with E-state index >= 15 is 0 Å². The predicted octanol–water partition coefficient (Wildman–Crippen LogP) is 8.24. The Kier molecular flexibility index (Phi) is 8.90. The Morgan fingerprint density at radius 3 is 2.60 bits per heavy atom. The van der Waals surface area contributed by atoms with E-state index in [-0.39, 0.29) is 11.2 Å². The highest BCUT2D eigenvalue weighted by Gasteiger charge is 2.29. The number of hydrogen-bond donors (Lipinski definition) is 1. The molecule has 0 spiro atoms. The Labute approximate surface area is 247 Å². The van der Waals surface area contributed by atoms with Crippen LogP contribution in [0.3, 0.4) is 0 Å². The van der Waals surface area contributed by atoms with Crippen LogP contribution in [-0.4, -0.2) is 25.3 Å². The summed E-state index contributed by atoms with van der Waals surface area (Å²) in [5.41, 5.74) is 5.17. The fourth-order valence-corrected chi connectivity index (χ4v) is 8.54. The van der Waals surface area contributed by atoms with Crippen LogP contribution in [0.25, 0.3) is 16.3 Å². The molecule has 0 saturated carbocycles. The zero-order chi connectivity index (χ0) is 28.3. The quantitative estimate of drug-likeness (QED) is 0.145. The number of hydrogen-bond acceptors (Lipinski definition) is 5. The summed E-state index contributed by atoms with van der Waals surface area (Å²) in [6.07, 6.45) is 13.0. The van der Waals surface area contributed by atoms with E-state index in [9.17, 15) is 13.0 Å². The number of para-hydroxylation sites is 2. The third-order valence-electron chi connectivity index (χ3n) is 7.40. The summed E-state index contributed by atoms with van der Waals surface area (Å²) in [5.74, 6) is -0.236. The van der Waals surface area contributed by atoms with E-state index < -0.39 is 10.1 Å². The number of anilines is 1. The normalized spacial score (nSPS) is 19.0. The minimum absolute atomic E-state index is 0.128. The van der Waals surface area contributed by atoms with Crippen LogP contribution in [0.15, 0.2) is 81.8 Å². The van der Waals surface area contributed by atoms with Crippen molar-refractivity contribution in [2.24, 2.45) is 5.41 Å². The van der Waals surface area contributed by atoms with Gasteiger partial charge in [0.1, 0.15) is 4.70 Å². The average Bonchev–Trinajstić information content (AvgIpc) is 3.40. The molecule has 0 amide bonds. The topological polar surface area (TPSA) is 61.5 Å². The maximum atomic E-state index is 11.4. The first-order valence-electron chi connectivity index (χ1n) is 14.2. The molecule has 40 heavy (non-hydrogen) atoms. The Morgan fingerprint density at radius 2 is 1.80 bits per heavy atom. The molecule has 2 heterocycles. The van der Waals surface area contributed by atoms with Crippen LogP contribution in [0.1, 0.15) is 64.3 Å². The second kappa shape index (κ2) is 12.2. The number of thiazole rings is 1. The van der Waals surface area contributed by atoms with Crippen molar-refractivity contribution in [3.63, 3.8) is 0 Å². The van der Waals surface area contributed by atoms with Crippen LogP contribution in [-0.2, 0) is 16.7 Å². The van der Waals surface area contributed by atoms with Gasteiger partial charge in [-0.15, -0.1) is 0 Å². The standard InChI is InChI=1S/C32H38N2O3S3/c1-4-5-10-16-33-26-12-6-8-14-28(26)38-30(33)20-24-19-25(23-32(2,3)22-24)21-31-34(17-11-18-40(35,36)37)27-13-7-9-15-29(27)39-31/h6-9,12-15,19-21H,4-5,10-11,16-18,22-23H2,1-3H3/p+1. The SMILES string of the molecule is CCCCCN1/C(=C/C2=CC(=C/c3sc4ccccc4[n+]3CCCS(=O)(=O)O)/CC(C)(C)C2)Sc2ccccc21. The molecule has 0 radical (unpaired) electrons. The highest BCUT2D eigenvalue weighted by atomic mass is 32.2. The lowest BCUT2D eigenvalue weighted by Crippen LogP contribution is -2.36. The molecule has 0 fully saturated rings. The molecular formula is C32H39N2O3S3+. The Bertz CT molecular complexity index is 1580. The number of aromatic nitrogens is 1. The van der Waals surface area contributed by atoms with Crippen molar-refractivity contribution < 1.29 is 17.5 Å². The fraction of sp³-hybridized carbons (Fsp3) is 0.406. The van der Waals surface area contributed by atoms with Gasteiger partial charge in [0.15, 0.2) is 6.54 Å². The van der Waals surface area contributed by atoms with Gasteiger partial charge in [-0.1, -0.05) is 87.1 Å². The van der Waals surface area contributed by atoms with Gasteiger partial charge < -0.3 is 4.90 Å². The molecule has 2 aromatic carbocycles. The molecule has 8 heteroatoms. The maximum absolute atomic E-state index is 11.4. The third kappa shape index (κ3) is 7.08. The van der Waals surface area contributed by atoms with Gasteiger partial charge in [0, 0.05) is 30.0 Å². The minimum Gasteiger partial charge on any atom is -0.335 e. The molecule has 0 atom stereocenters. The predicted molar refractivity (Wildman–Crippen MR) is 169 cm³/mol. The largest absolute Gasteiger partial charge is 0.335 e. The molecule has 1 N–H and O–H groups in total. The van der Waals surface area contributed by atoms with Crippen LogP contribution in [0.2, 0.25) is 0 Å². The highest BCUT2D eigenvalue weighted by Crippen LogP contribution is 2.48. The summed E-state index contributed by atoms with van der Waals surface area (Å²) >= 11 is 3.60. The first kappa shape index (κ1) is 29.1. The van der Waals surface area contributed by atoms with E-state index in [0.29, 0.717) is 13.0 Å². The van der Waals surface area contributed by atoms with E-state index in [1.807, 2.05) is 23.9 Å². The van der Waals surface area contributed by atoms with Crippen LogP contribution >= 0.6 is 23.1 Å².